The number of halogens is 2. The normalized spacial score (nSPS) is 10.7. The number of ether oxygens (including phenoxy) is 1. The summed E-state index contributed by atoms with van der Waals surface area (Å²) in [6.07, 6.45) is 3.03. The predicted octanol–water partition coefficient (Wildman–Crippen LogP) is 6.05. The molecule has 27 heavy (non-hydrogen) atoms. The summed E-state index contributed by atoms with van der Waals surface area (Å²) in [7, 11) is 0. The van der Waals surface area contributed by atoms with E-state index in [0.717, 1.165) is 5.56 Å². The fourth-order valence-electron chi connectivity index (χ4n) is 2.33. The van der Waals surface area contributed by atoms with Crippen LogP contribution in [0.2, 0.25) is 10.0 Å². The average Bonchev–Trinajstić information content (AvgIpc) is 3.16. The minimum Gasteiger partial charge on any atom is -0.479 e. The fraction of sp³-hybridized carbons (Fsp3) is 0.0476. The molecule has 3 rings (SSSR count). The highest BCUT2D eigenvalue weighted by molar-refractivity contribution is 6.42. The van der Waals surface area contributed by atoms with Crippen LogP contribution in [0.15, 0.2) is 65.1 Å². The van der Waals surface area contributed by atoms with Gasteiger partial charge in [-0.2, -0.15) is 5.26 Å². The van der Waals surface area contributed by atoms with E-state index < -0.39 is 0 Å². The monoisotopic (exact) mass is 397 g/mol. The molecule has 4 nitrogen and oxygen atoms in total. The Balaban J connectivity index is 1.69. The summed E-state index contributed by atoms with van der Waals surface area (Å²) in [6.45, 7) is -0.0349. The first-order valence-electron chi connectivity index (χ1n) is 7.94. The molecule has 0 saturated carbocycles. The summed E-state index contributed by atoms with van der Waals surface area (Å²) < 4.78 is 10.9. The third-order valence-electron chi connectivity index (χ3n) is 3.67. The molecule has 0 spiro atoms. The van der Waals surface area contributed by atoms with E-state index in [-0.39, 0.29) is 12.4 Å². The SMILES string of the molecule is N#CCOc1ccc(C(=O)C=Cc2ccc(-c3ccc(Cl)c(Cl)c3)o2)cc1. The van der Waals surface area contributed by atoms with E-state index in [9.17, 15) is 4.79 Å². The van der Waals surface area contributed by atoms with Gasteiger partial charge in [-0.3, -0.25) is 4.79 Å². The summed E-state index contributed by atoms with van der Waals surface area (Å²) in [5, 5.41) is 9.41. The molecule has 0 N–H and O–H groups in total. The Labute approximate surface area is 166 Å². The lowest BCUT2D eigenvalue weighted by Gasteiger charge is -2.01. The zero-order chi connectivity index (χ0) is 19.2. The molecule has 0 amide bonds. The van der Waals surface area contributed by atoms with Crippen LogP contribution in [0.5, 0.6) is 5.75 Å². The fourth-order valence-corrected chi connectivity index (χ4v) is 2.63. The van der Waals surface area contributed by atoms with Gasteiger partial charge in [0.1, 0.15) is 23.3 Å². The largest absolute Gasteiger partial charge is 0.479 e. The number of hydrogen-bond acceptors (Lipinski definition) is 4. The van der Waals surface area contributed by atoms with Gasteiger partial charge in [-0.15, -0.1) is 0 Å². The average molecular weight is 398 g/mol. The van der Waals surface area contributed by atoms with E-state index in [1.165, 1.54) is 6.08 Å². The summed E-state index contributed by atoms with van der Waals surface area (Å²) in [5.74, 6) is 1.53. The predicted molar refractivity (Wildman–Crippen MR) is 105 cm³/mol. The van der Waals surface area contributed by atoms with Gasteiger partial charge >= 0.3 is 0 Å². The van der Waals surface area contributed by atoms with E-state index in [2.05, 4.69) is 0 Å². The van der Waals surface area contributed by atoms with Crippen molar-refractivity contribution in [3.8, 4) is 23.1 Å². The van der Waals surface area contributed by atoms with Gasteiger partial charge in [0.15, 0.2) is 12.4 Å². The Morgan fingerprint density at radius 1 is 1.07 bits per heavy atom. The molecule has 6 heteroatoms. The van der Waals surface area contributed by atoms with Crippen molar-refractivity contribution in [3.05, 3.63) is 82.0 Å². The van der Waals surface area contributed by atoms with E-state index in [0.29, 0.717) is 32.9 Å². The van der Waals surface area contributed by atoms with Gasteiger partial charge in [-0.1, -0.05) is 23.2 Å². The van der Waals surface area contributed by atoms with Crippen LogP contribution in [-0.2, 0) is 0 Å². The molecule has 2 aromatic carbocycles. The molecule has 1 aromatic heterocycles. The molecule has 0 aliphatic heterocycles. The van der Waals surface area contributed by atoms with Crippen LogP contribution in [0.25, 0.3) is 17.4 Å². The maximum Gasteiger partial charge on any atom is 0.185 e. The number of furan rings is 1. The van der Waals surface area contributed by atoms with Gasteiger partial charge in [-0.25, -0.2) is 0 Å². The molecule has 0 aliphatic carbocycles. The molecular formula is C21H13Cl2NO3. The van der Waals surface area contributed by atoms with Crippen molar-refractivity contribution in [2.24, 2.45) is 0 Å². The molecule has 0 radical (unpaired) electrons. The van der Waals surface area contributed by atoms with Crippen LogP contribution < -0.4 is 4.74 Å². The number of benzene rings is 2. The first kappa shape index (κ1) is 18.8. The van der Waals surface area contributed by atoms with Crippen molar-refractivity contribution in [2.45, 2.75) is 0 Å². The number of hydrogen-bond donors (Lipinski definition) is 0. The Kier molecular flexibility index (Phi) is 5.97. The number of nitrogens with zero attached hydrogens (tertiary/aromatic N) is 1. The third kappa shape index (κ3) is 4.79. The molecule has 0 atom stereocenters. The van der Waals surface area contributed by atoms with Crippen LogP contribution in [0.3, 0.4) is 0 Å². The summed E-state index contributed by atoms with van der Waals surface area (Å²) in [5.41, 5.74) is 1.30. The van der Waals surface area contributed by atoms with Crippen molar-refractivity contribution in [3.63, 3.8) is 0 Å². The highest BCUT2D eigenvalue weighted by atomic mass is 35.5. The Morgan fingerprint density at radius 3 is 2.56 bits per heavy atom. The van der Waals surface area contributed by atoms with E-state index in [1.54, 1.807) is 54.6 Å². The number of allylic oxidation sites excluding steroid dienone is 1. The lowest BCUT2D eigenvalue weighted by molar-refractivity contribution is 0.104. The van der Waals surface area contributed by atoms with Gasteiger partial charge < -0.3 is 9.15 Å². The first-order chi connectivity index (χ1) is 13.1. The highest BCUT2D eigenvalue weighted by Gasteiger charge is 2.07. The van der Waals surface area contributed by atoms with Gasteiger partial charge in [0.25, 0.3) is 0 Å². The molecule has 134 valence electrons. The smallest absolute Gasteiger partial charge is 0.185 e. The number of nitriles is 1. The van der Waals surface area contributed by atoms with Crippen molar-refractivity contribution in [1.82, 2.24) is 0 Å². The van der Waals surface area contributed by atoms with E-state index in [4.69, 9.17) is 37.6 Å². The van der Waals surface area contributed by atoms with Gasteiger partial charge in [0.05, 0.1) is 10.0 Å². The van der Waals surface area contributed by atoms with Gasteiger partial charge in [0, 0.05) is 11.1 Å². The maximum absolute atomic E-state index is 12.2. The summed E-state index contributed by atoms with van der Waals surface area (Å²) >= 11 is 11.9. The zero-order valence-corrected chi connectivity index (χ0v) is 15.5. The van der Waals surface area contributed by atoms with Crippen LogP contribution >= 0.6 is 23.2 Å². The van der Waals surface area contributed by atoms with Crippen LogP contribution in [0.4, 0.5) is 0 Å². The van der Waals surface area contributed by atoms with Crippen molar-refractivity contribution >= 4 is 35.1 Å². The minimum absolute atomic E-state index is 0.0349. The Morgan fingerprint density at radius 2 is 1.85 bits per heavy atom. The maximum atomic E-state index is 12.2. The second-order valence-electron chi connectivity index (χ2n) is 5.50. The van der Waals surface area contributed by atoms with Gasteiger partial charge in [0.2, 0.25) is 0 Å². The second-order valence-corrected chi connectivity index (χ2v) is 6.31. The lowest BCUT2D eigenvalue weighted by atomic mass is 10.1. The number of carbonyl (C=O) groups is 1. The van der Waals surface area contributed by atoms with Crippen LogP contribution in [-0.4, -0.2) is 12.4 Å². The van der Waals surface area contributed by atoms with Crippen LogP contribution in [0.1, 0.15) is 16.1 Å². The Bertz CT molecular complexity index is 1030. The highest BCUT2D eigenvalue weighted by Crippen LogP contribution is 2.29. The number of rotatable bonds is 6. The molecule has 0 fully saturated rings. The molecule has 0 aliphatic rings. The quantitative estimate of drug-likeness (QED) is 0.375. The number of ketones is 1. The van der Waals surface area contributed by atoms with Crippen molar-refractivity contribution in [2.75, 3.05) is 6.61 Å². The summed E-state index contributed by atoms with van der Waals surface area (Å²) in [4.78, 5) is 12.2. The van der Waals surface area contributed by atoms with Crippen molar-refractivity contribution < 1.29 is 13.9 Å². The first-order valence-corrected chi connectivity index (χ1v) is 8.70. The standard InChI is InChI=1S/C21H13Cl2NO3/c22-18-8-3-15(13-19(18)23)21-10-7-17(27-21)6-9-20(25)14-1-4-16(5-2-14)26-12-11-24/h1-10,13H,12H2. The molecule has 0 unspecified atom stereocenters. The molecule has 0 bridgehead atoms. The van der Waals surface area contributed by atoms with E-state index >= 15 is 0 Å². The lowest BCUT2D eigenvalue weighted by Crippen LogP contribution is -1.96. The second kappa shape index (κ2) is 8.59. The zero-order valence-electron chi connectivity index (χ0n) is 14.0. The third-order valence-corrected chi connectivity index (χ3v) is 4.41. The van der Waals surface area contributed by atoms with Gasteiger partial charge in [-0.05, 0) is 66.7 Å². The minimum atomic E-state index is -0.172. The van der Waals surface area contributed by atoms with E-state index in [1.807, 2.05) is 12.1 Å². The number of carbonyl (C=O) groups excluding carboxylic acids is 1. The molecule has 1 heterocycles. The topological polar surface area (TPSA) is 63.2 Å². The molecule has 3 aromatic rings. The van der Waals surface area contributed by atoms with Crippen molar-refractivity contribution in [1.29, 1.82) is 5.26 Å². The Hall–Kier alpha value is -3.00. The summed E-state index contributed by atoms with van der Waals surface area (Å²) in [6, 6.07) is 17.2. The molecule has 0 saturated heterocycles. The van der Waals surface area contributed by atoms with Crippen LogP contribution in [0, 0.1) is 11.3 Å². The molecular weight excluding hydrogens is 385 g/mol.